The van der Waals surface area contributed by atoms with E-state index in [2.05, 4.69) is 37.7 Å². The predicted molar refractivity (Wildman–Crippen MR) is 106 cm³/mol. The normalized spacial score (nSPS) is 17.0. The fourth-order valence-electron chi connectivity index (χ4n) is 3.68. The van der Waals surface area contributed by atoms with Gasteiger partial charge >= 0.3 is 0 Å². The summed E-state index contributed by atoms with van der Waals surface area (Å²) in [5.41, 5.74) is 4.40. The highest BCUT2D eigenvalue weighted by atomic mass is 35.5. The Labute approximate surface area is 156 Å². The number of pyridine rings is 1. The number of hydrogen-bond acceptors (Lipinski definition) is 4. The van der Waals surface area contributed by atoms with Crippen molar-refractivity contribution in [2.45, 2.75) is 0 Å². The highest BCUT2D eigenvalue weighted by Gasteiger charge is 2.31. The Kier molecular flexibility index (Phi) is 3.57. The molecule has 3 aromatic rings. The van der Waals surface area contributed by atoms with Gasteiger partial charge in [-0.1, -0.05) is 23.7 Å². The first-order valence-electron chi connectivity index (χ1n) is 8.72. The number of fused-ring (bicyclic) bond motifs is 1. The summed E-state index contributed by atoms with van der Waals surface area (Å²) in [5.74, 6) is 2.39. The minimum Gasteiger partial charge on any atom is -0.355 e. The first kappa shape index (κ1) is 15.6. The molecule has 0 N–H and O–H groups in total. The van der Waals surface area contributed by atoms with Gasteiger partial charge in [-0.25, -0.2) is 9.97 Å². The second-order valence-electron chi connectivity index (χ2n) is 6.84. The van der Waals surface area contributed by atoms with Crippen LogP contribution in [-0.2, 0) is 7.05 Å². The van der Waals surface area contributed by atoms with Crippen LogP contribution in [0.3, 0.4) is 0 Å². The number of rotatable bonds is 3. The van der Waals surface area contributed by atoms with Crippen LogP contribution in [0.2, 0.25) is 5.02 Å². The maximum atomic E-state index is 6.47. The van der Waals surface area contributed by atoms with E-state index in [-0.39, 0.29) is 0 Å². The second kappa shape index (κ2) is 5.95. The van der Waals surface area contributed by atoms with Gasteiger partial charge in [0.15, 0.2) is 0 Å². The molecular weight excluding hydrogens is 346 g/mol. The Bertz CT molecular complexity index is 1060. The van der Waals surface area contributed by atoms with Crippen LogP contribution in [0.15, 0.2) is 53.2 Å². The average molecular weight is 364 g/mol. The van der Waals surface area contributed by atoms with Gasteiger partial charge in [0.25, 0.3) is 0 Å². The largest absolute Gasteiger partial charge is 0.355 e. The van der Waals surface area contributed by atoms with Crippen LogP contribution < -0.4 is 4.90 Å². The number of benzene rings is 1. The van der Waals surface area contributed by atoms with Gasteiger partial charge in [-0.05, 0) is 29.8 Å². The van der Waals surface area contributed by atoms with Crippen LogP contribution in [0.25, 0.3) is 22.4 Å². The molecular formula is C20H18ClN5. The first-order valence-corrected chi connectivity index (χ1v) is 9.09. The number of nitrogens with zero attached hydrogens (tertiary/aromatic N) is 5. The van der Waals surface area contributed by atoms with Crippen LogP contribution in [0.5, 0.6) is 0 Å². The number of para-hydroxylation sites is 2. The van der Waals surface area contributed by atoms with E-state index < -0.39 is 0 Å². The van der Waals surface area contributed by atoms with E-state index in [0.29, 0.717) is 10.9 Å². The number of aryl methyl sites for hydroxylation is 1. The molecule has 6 heteroatoms. The molecule has 5 nitrogen and oxygen atoms in total. The van der Waals surface area contributed by atoms with Crippen molar-refractivity contribution < 1.29 is 0 Å². The lowest BCUT2D eigenvalue weighted by molar-refractivity contribution is 0.463. The van der Waals surface area contributed by atoms with Crippen LogP contribution >= 0.6 is 11.6 Å². The van der Waals surface area contributed by atoms with Crippen LogP contribution in [0.1, 0.15) is 0 Å². The molecule has 1 fully saturated rings. The zero-order valence-corrected chi connectivity index (χ0v) is 15.2. The van der Waals surface area contributed by atoms with Gasteiger partial charge in [-0.3, -0.25) is 4.99 Å². The predicted octanol–water partition coefficient (Wildman–Crippen LogP) is 3.74. The molecule has 5 rings (SSSR count). The van der Waals surface area contributed by atoms with Crippen LogP contribution in [-0.4, -0.2) is 40.4 Å². The molecule has 130 valence electrons. The Morgan fingerprint density at radius 2 is 2.04 bits per heavy atom. The number of anilines is 1. The SMILES string of the molecule is Cn1c(-c2cc(N3CC(C4=CC=NC4)C3)ncc2Cl)nc2ccccc21. The lowest BCUT2D eigenvalue weighted by atomic mass is 9.91. The zero-order chi connectivity index (χ0) is 17.7. The summed E-state index contributed by atoms with van der Waals surface area (Å²) in [7, 11) is 2.02. The smallest absolute Gasteiger partial charge is 0.142 e. The van der Waals surface area contributed by atoms with E-state index in [4.69, 9.17) is 16.6 Å². The van der Waals surface area contributed by atoms with E-state index >= 15 is 0 Å². The number of allylic oxidation sites excluding steroid dienone is 1. The summed E-state index contributed by atoms with van der Waals surface area (Å²) in [6.07, 6.45) is 5.78. The van der Waals surface area contributed by atoms with Gasteiger partial charge in [-0.15, -0.1) is 0 Å². The van der Waals surface area contributed by atoms with Gasteiger partial charge in [0.1, 0.15) is 11.6 Å². The highest BCUT2D eigenvalue weighted by Crippen LogP contribution is 2.35. The highest BCUT2D eigenvalue weighted by molar-refractivity contribution is 6.33. The van der Waals surface area contributed by atoms with Gasteiger partial charge in [0.2, 0.25) is 0 Å². The minimum absolute atomic E-state index is 0.578. The molecule has 0 aliphatic carbocycles. The second-order valence-corrected chi connectivity index (χ2v) is 7.25. The Balaban J connectivity index is 1.46. The molecule has 4 heterocycles. The number of imidazole rings is 1. The molecule has 1 aromatic carbocycles. The van der Waals surface area contributed by atoms with Crippen molar-refractivity contribution >= 4 is 34.7 Å². The van der Waals surface area contributed by atoms with Gasteiger partial charge in [-0.2, -0.15) is 0 Å². The third kappa shape index (κ3) is 2.42. The maximum Gasteiger partial charge on any atom is 0.142 e. The molecule has 0 radical (unpaired) electrons. The van der Waals surface area contributed by atoms with E-state index in [1.165, 1.54) is 5.57 Å². The standard InChI is InChI=1S/C20H18ClN5/c1-25-18-5-3-2-4-17(18)24-20(25)15-8-19(23-10-16(15)21)26-11-14(12-26)13-6-7-22-9-13/h2-8,10,14H,9,11-12H2,1H3. The summed E-state index contributed by atoms with van der Waals surface area (Å²) in [5, 5.41) is 0.621. The molecule has 0 atom stereocenters. The van der Waals surface area contributed by atoms with Crippen molar-refractivity contribution in [1.82, 2.24) is 14.5 Å². The lowest BCUT2D eigenvalue weighted by Crippen LogP contribution is -2.48. The number of aliphatic imine (C=N–C) groups is 1. The maximum absolute atomic E-state index is 6.47. The van der Waals surface area contributed by atoms with E-state index in [0.717, 1.165) is 47.9 Å². The average Bonchev–Trinajstić information content (AvgIpc) is 3.24. The molecule has 2 aromatic heterocycles. The molecule has 26 heavy (non-hydrogen) atoms. The summed E-state index contributed by atoms with van der Waals surface area (Å²) >= 11 is 6.47. The van der Waals surface area contributed by atoms with Gasteiger partial charge in [0, 0.05) is 44.0 Å². The molecule has 1 saturated heterocycles. The molecule has 0 amide bonds. The lowest BCUT2D eigenvalue weighted by Gasteiger charge is -2.41. The minimum atomic E-state index is 0.578. The number of hydrogen-bond donors (Lipinski definition) is 0. The Hall–Kier alpha value is -2.66. The van der Waals surface area contributed by atoms with Crippen molar-refractivity contribution in [1.29, 1.82) is 0 Å². The Morgan fingerprint density at radius 1 is 1.19 bits per heavy atom. The molecule has 2 aliphatic heterocycles. The molecule has 0 spiro atoms. The van der Waals surface area contributed by atoms with Crippen molar-refractivity contribution in [3.05, 3.63) is 53.2 Å². The fraction of sp³-hybridized carbons (Fsp3) is 0.250. The first-order chi connectivity index (χ1) is 12.7. The molecule has 2 aliphatic rings. The third-order valence-electron chi connectivity index (χ3n) is 5.27. The molecule has 0 unspecified atom stereocenters. The van der Waals surface area contributed by atoms with Crippen molar-refractivity contribution in [3.8, 4) is 11.4 Å². The zero-order valence-electron chi connectivity index (χ0n) is 14.4. The van der Waals surface area contributed by atoms with E-state index in [1.54, 1.807) is 6.20 Å². The summed E-state index contributed by atoms with van der Waals surface area (Å²) < 4.78 is 2.08. The number of halogens is 1. The quantitative estimate of drug-likeness (QED) is 0.712. The van der Waals surface area contributed by atoms with E-state index in [9.17, 15) is 0 Å². The van der Waals surface area contributed by atoms with Crippen LogP contribution in [0, 0.1) is 5.92 Å². The summed E-state index contributed by atoms with van der Waals surface area (Å²) in [6, 6.07) is 10.2. The fourth-order valence-corrected chi connectivity index (χ4v) is 3.87. The van der Waals surface area contributed by atoms with Crippen molar-refractivity contribution in [3.63, 3.8) is 0 Å². The molecule has 0 bridgehead atoms. The van der Waals surface area contributed by atoms with Gasteiger partial charge in [0.05, 0.1) is 22.6 Å². The van der Waals surface area contributed by atoms with Crippen LogP contribution in [0.4, 0.5) is 5.82 Å². The van der Waals surface area contributed by atoms with E-state index in [1.807, 2.05) is 31.5 Å². The summed E-state index contributed by atoms with van der Waals surface area (Å²) in [6.45, 7) is 2.80. The topological polar surface area (TPSA) is 46.3 Å². The third-order valence-corrected chi connectivity index (χ3v) is 5.57. The molecule has 0 saturated carbocycles. The monoisotopic (exact) mass is 363 g/mol. The van der Waals surface area contributed by atoms with Gasteiger partial charge < -0.3 is 9.47 Å². The summed E-state index contributed by atoms with van der Waals surface area (Å²) in [4.78, 5) is 15.9. The van der Waals surface area contributed by atoms with Crippen molar-refractivity contribution in [2.24, 2.45) is 18.0 Å². The Morgan fingerprint density at radius 3 is 2.81 bits per heavy atom. The van der Waals surface area contributed by atoms with Crippen molar-refractivity contribution in [2.75, 3.05) is 24.5 Å². The number of aromatic nitrogens is 3.